The highest BCUT2D eigenvalue weighted by molar-refractivity contribution is 9.10. The Hall–Kier alpha value is -1.62. The van der Waals surface area contributed by atoms with E-state index in [2.05, 4.69) is 62.5 Å². The molecule has 0 aliphatic heterocycles. The van der Waals surface area contributed by atoms with Gasteiger partial charge >= 0.3 is 0 Å². The molecule has 112 valence electrons. The lowest BCUT2D eigenvalue weighted by molar-refractivity contribution is 0.834. The first-order chi connectivity index (χ1) is 10.2. The van der Waals surface area contributed by atoms with Gasteiger partial charge in [0.05, 0.1) is 0 Å². The van der Waals surface area contributed by atoms with Crippen LogP contribution in [0.4, 0.5) is 11.6 Å². The van der Waals surface area contributed by atoms with E-state index in [1.165, 1.54) is 5.56 Å². The Morgan fingerprint density at radius 2 is 1.67 bits per heavy atom. The van der Waals surface area contributed by atoms with Crippen LogP contribution in [-0.2, 0) is 13.0 Å². The van der Waals surface area contributed by atoms with Gasteiger partial charge in [0.2, 0.25) is 0 Å². The molecule has 2 rings (SSSR count). The summed E-state index contributed by atoms with van der Waals surface area (Å²) >= 11 is 3.45. The molecule has 0 aliphatic rings. The van der Waals surface area contributed by atoms with Crippen LogP contribution in [0.1, 0.15) is 31.7 Å². The first-order valence-electron chi connectivity index (χ1n) is 7.31. The van der Waals surface area contributed by atoms with Crippen LogP contribution in [-0.4, -0.2) is 16.5 Å². The van der Waals surface area contributed by atoms with Crippen LogP contribution in [0.3, 0.4) is 0 Å². The van der Waals surface area contributed by atoms with E-state index in [1.807, 2.05) is 18.2 Å². The van der Waals surface area contributed by atoms with Gasteiger partial charge in [-0.25, -0.2) is 9.97 Å². The fourth-order valence-electron chi connectivity index (χ4n) is 1.99. The molecule has 0 atom stereocenters. The number of aromatic nitrogens is 2. The van der Waals surface area contributed by atoms with Crippen LogP contribution in [0.2, 0.25) is 0 Å². The first-order valence-corrected chi connectivity index (χ1v) is 8.10. The van der Waals surface area contributed by atoms with Crippen molar-refractivity contribution < 1.29 is 0 Å². The Morgan fingerprint density at radius 3 is 2.29 bits per heavy atom. The average molecular weight is 349 g/mol. The molecule has 4 nitrogen and oxygen atoms in total. The van der Waals surface area contributed by atoms with Gasteiger partial charge in [0, 0.05) is 30.0 Å². The Kier molecular flexibility index (Phi) is 5.99. The minimum Gasteiger partial charge on any atom is -0.370 e. The third-order valence-corrected chi connectivity index (χ3v) is 3.52. The van der Waals surface area contributed by atoms with Crippen LogP contribution in [0.5, 0.6) is 0 Å². The maximum Gasteiger partial charge on any atom is 0.133 e. The molecule has 2 aromatic rings. The number of anilines is 2. The summed E-state index contributed by atoms with van der Waals surface area (Å²) in [5.41, 5.74) is 1.22. The van der Waals surface area contributed by atoms with Crippen LogP contribution >= 0.6 is 15.9 Å². The van der Waals surface area contributed by atoms with E-state index < -0.39 is 0 Å². The van der Waals surface area contributed by atoms with Gasteiger partial charge < -0.3 is 10.6 Å². The van der Waals surface area contributed by atoms with Crippen molar-refractivity contribution in [2.45, 2.75) is 33.2 Å². The maximum atomic E-state index is 4.57. The molecular weight excluding hydrogens is 328 g/mol. The number of rotatable bonds is 7. The van der Waals surface area contributed by atoms with E-state index in [0.29, 0.717) is 0 Å². The molecule has 1 heterocycles. The molecule has 0 saturated heterocycles. The number of hydrogen-bond donors (Lipinski definition) is 2. The van der Waals surface area contributed by atoms with E-state index in [9.17, 15) is 0 Å². The van der Waals surface area contributed by atoms with Gasteiger partial charge in [0.25, 0.3) is 0 Å². The zero-order valence-corrected chi connectivity index (χ0v) is 14.1. The van der Waals surface area contributed by atoms with Gasteiger partial charge in [-0.3, -0.25) is 0 Å². The molecule has 0 spiro atoms. The lowest BCUT2D eigenvalue weighted by atomic mass is 10.2. The van der Waals surface area contributed by atoms with Gasteiger partial charge in [0.15, 0.2) is 0 Å². The van der Waals surface area contributed by atoms with Crippen molar-refractivity contribution in [3.8, 4) is 0 Å². The molecule has 0 aliphatic carbocycles. The van der Waals surface area contributed by atoms with E-state index in [0.717, 1.165) is 47.9 Å². The molecule has 21 heavy (non-hydrogen) atoms. The quantitative estimate of drug-likeness (QED) is 0.785. The summed E-state index contributed by atoms with van der Waals surface area (Å²) in [4.78, 5) is 9.08. The molecule has 2 N–H and O–H groups in total. The molecule has 0 bridgehead atoms. The molecule has 5 heteroatoms. The Balaban J connectivity index is 2.08. The van der Waals surface area contributed by atoms with E-state index in [-0.39, 0.29) is 0 Å². The lowest BCUT2D eigenvalue weighted by Gasteiger charge is -2.10. The highest BCUT2D eigenvalue weighted by Gasteiger charge is 2.04. The van der Waals surface area contributed by atoms with Crippen LogP contribution in [0.15, 0.2) is 34.8 Å². The summed E-state index contributed by atoms with van der Waals surface area (Å²) in [6.07, 6.45) is 1.94. The Labute approximate surface area is 134 Å². The van der Waals surface area contributed by atoms with Gasteiger partial charge in [-0.05, 0) is 31.0 Å². The van der Waals surface area contributed by atoms with Crippen molar-refractivity contribution >= 4 is 27.6 Å². The Morgan fingerprint density at radius 1 is 1.00 bits per heavy atom. The lowest BCUT2D eigenvalue weighted by Crippen LogP contribution is -2.08. The second kappa shape index (κ2) is 7.98. The first kappa shape index (κ1) is 15.8. The van der Waals surface area contributed by atoms with Crippen LogP contribution < -0.4 is 10.6 Å². The van der Waals surface area contributed by atoms with Gasteiger partial charge in [0.1, 0.15) is 17.5 Å². The summed E-state index contributed by atoms with van der Waals surface area (Å²) in [6, 6.07) is 10.2. The van der Waals surface area contributed by atoms with Crippen LogP contribution in [0.25, 0.3) is 0 Å². The average Bonchev–Trinajstić information content (AvgIpc) is 2.47. The molecule has 0 amide bonds. The number of hydrogen-bond acceptors (Lipinski definition) is 4. The molecule has 0 unspecified atom stereocenters. The number of aryl methyl sites for hydroxylation is 1. The molecule has 1 aromatic heterocycles. The fourth-order valence-corrected chi connectivity index (χ4v) is 2.25. The van der Waals surface area contributed by atoms with Crippen molar-refractivity contribution in [3.63, 3.8) is 0 Å². The molecule has 1 aromatic carbocycles. The minimum absolute atomic E-state index is 0.751. The second-order valence-corrected chi connectivity index (χ2v) is 5.73. The third-order valence-electron chi connectivity index (χ3n) is 2.99. The van der Waals surface area contributed by atoms with E-state index >= 15 is 0 Å². The Bertz CT molecular complexity index is 545. The van der Waals surface area contributed by atoms with Crippen molar-refractivity contribution in [2.24, 2.45) is 0 Å². The maximum absolute atomic E-state index is 4.57. The van der Waals surface area contributed by atoms with Gasteiger partial charge in [-0.15, -0.1) is 0 Å². The second-order valence-electron chi connectivity index (χ2n) is 4.82. The summed E-state index contributed by atoms with van der Waals surface area (Å²) in [5, 5.41) is 6.63. The highest BCUT2D eigenvalue weighted by atomic mass is 79.9. The van der Waals surface area contributed by atoms with Crippen molar-refractivity contribution in [3.05, 3.63) is 46.2 Å². The topological polar surface area (TPSA) is 49.8 Å². The summed E-state index contributed by atoms with van der Waals surface area (Å²) in [6.45, 7) is 5.81. The van der Waals surface area contributed by atoms with Crippen LogP contribution in [0, 0.1) is 0 Å². The summed E-state index contributed by atoms with van der Waals surface area (Å²) < 4.78 is 1.09. The van der Waals surface area contributed by atoms with Crippen molar-refractivity contribution in [2.75, 3.05) is 17.2 Å². The predicted molar refractivity (Wildman–Crippen MR) is 91.7 cm³/mol. The SMILES string of the molecule is CCCc1nc(NCC)cc(NCc2ccc(Br)cc2)n1. The minimum atomic E-state index is 0.751. The summed E-state index contributed by atoms with van der Waals surface area (Å²) in [5.74, 6) is 2.64. The zero-order valence-electron chi connectivity index (χ0n) is 12.5. The molecule has 0 saturated carbocycles. The molecule has 0 fully saturated rings. The van der Waals surface area contributed by atoms with Gasteiger partial charge in [-0.1, -0.05) is 35.0 Å². The van der Waals surface area contributed by atoms with E-state index in [4.69, 9.17) is 0 Å². The number of nitrogens with one attached hydrogen (secondary N) is 2. The smallest absolute Gasteiger partial charge is 0.133 e. The fraction of sp³-hybridized carbons (Fsp3) is 0.375. The standard InChI is InChI=1S/C16H21BrN4/c1-3-5-14-20-15(18-4-2)10-16(21-14)19-11-12-6-8-13(17)9-7-12/h6-10H,3-5,11H2,1-2H3,(H2,18,19,20,21). The number of halogens is 1. The monoisotopic (exact) mass is 348 g/mol. The third kappa shape index (κ3) is 5.01. The number of benzene rings is 1. The normalized spacial score (nSPS) is 10.4. The van der Waals surface area contributed by atoms with E-state index in [1.54, 1.807) is 0 Å². The predicted octanol–water partition coefficient (Wildman–Crippen LogP) is 4.24. The molecular formula is C16H21BrN4. The van der Waals surface area contributed by atoms with Crippen molar-refractivity contribution in [1.82, 2.24) is 9.97 Å². The largest absolute Gasteiger partial charge is 0.370 e. The zero-order chi connectivity index (χ0) is 15.1. The highest BCUT2D eigenvalue weighted by Crippen LogP contribution is 2.15. The number of nitrogens with zero attached hydrogens (tertiary/aromatic N) is 2. The van der Waals surface area contributed by atoms with Gasteiger partial charge in [-0.2, -0.15) is 0 Å². The molecule has 0 radical (unpaired) electrons. The summed E-state index contributed by atoms with van der Waals surface area (Å²) in [7, 11) is 0. The van der Waals surface area contributed by atoms with Crippen molar-refractivity contribution in [1.29, 1.82) is 0 Å².